The third-order valence-electron chi connectivity index (χ3n) is 3.67. The van der Waals surface area contributed by atoms with Gasteiger partial charge in [0.1, 0.15) is 17.5 Å². The highest BCUT2D eigenvalue weighted by molar-refractivity contribution is 6.31. The molecule has 0 spiro atoms. The zero-order valence-corrected chi connectivity index (χ0v) is 12.0. The second-order valence-corrected chi connectivity index (χ2v) is 5.44. The van der Waals surface area contributed by atoms with Crippen molar-refractivity contribution in [3.05, 3.63) is 46.3 Å². The van der Waals surface area contributed by atoms with Gasteiger partial charge in [-0.25, -0.2) is 4.39 Å². The molecule has 4 nitrogen and oxygen atoms in total. The fourth-order valence-corrected chi connectivity index (χ4v) is 2.77. The predicted octanol–water partition coefficient (Wildman–Crippen LogP) is 2.87. The Balaban J connectivity index is 1.72. The first-order chi connectivity index (χ1) is 9.66. The van der Waals surface area contributed by atoms with Gasteiger partial charge in [0.05, 0.1) is 6.04 Å². The van der Waals surface area contributed by atoms with Crippen molar-refractivity contribution in [1.82, 2.24) is 20.1 Å². The van der Waals surface area contributed by atoms with Gasteiger partial charge in [0, 0.05) is 30.1 Å². The first-order valence-electron chi connectivity index (χ1n) is 6.75. The second kappa shape index (κ2) is 5.50. The molecule has 1 atom stereocenters. The van der Waals surface area contributed by atoms with Crippen LogP contribution in [0.5, 0.6) is 0 Å². The highest BCUT2D eigenvalue weighted by Crippen LogP contribution is 2.22. The molecule has 1 unspecified atom stereocenters. The van der Waals surface area contributed by atoms with Crippen LogP contribution < -0.4 is 5.32 Å². The number of aryl methyl sites for hydroxylation is 1. The number of nitrogens with zero attached hydrogens (tertiary/aromatic N) is 3. The Morgan fingerprint density at radius 2 is 2.30 bits per heavy atom. The molecule has 1 aromatic carbocycles. The molecule has 0 bridgehead atoms. The van der Waals surface area contributed by atoms with E-state index in [1.165, 1.54) is 6.07 Å². The highest BCUT2D eigenvalue weighted by atomic mass is 35.5. The Morgan fingerprint density at radius 1 is 1.45 bits per heavy atom. The lowest BCUT2D eigenvalue weighted by molar-refractivity contribution is 0.503. The standard InChI is InChI=1S/C14H16ClFN4/c1-9(14-19-18-13-6-3-7-20(13)14)17-8-10-11(15)4-2-5-12(10)16/h2,4-5,9,17H,3,6-8H2,1H3. The number of nitrogens with one attached hydrogen (secondary N) is 1. The van der Waals surface area contributed by atoms with Gasteiger partial charge in [-0.15, -0.1) is 10.2 Å². The van der Waals surface area contributed by atoms with Crippen molar-refractivity contribution in [3.63, 3.8) is 0 Å². The van der Waals surface area contributed by atoms with Crippen LogP contribution in [0, 0.1) is 5.82 Å². The monoisotopic (exact) mass is 294 g/mol. The molecule has 20 heavy (non-hydrogen) atoms. The number of rotatable bonds is 4. The molecule has 1 aliphatic heterocycles. The van der Waals surface area contributed by atoms with Gasteiger partial charge in [0.25, 0.3) is 0 Å². The van der Waals surface area contributed by atoms with Crippen molar-refractivity contribution in [2.45, 2.75) is 38.9 Å². The summed E-state index contributed by atoms with van der Waals surface area (Å²) >= 11 is 6.02. The molecule has 1 aromatic heterocycles. The van der Waals surface area contributed by atoms with E-state index in [9.17, 15) is 4.39 Å². The maximum Gasteiger partial charge on any atom is 0.149 e. The number of fused-ring (bicyclic) bond motifs is 1. The molecule has 0 saturated heterocycles. The Bertz CT molecular complexity index is 605. The van der Waals surface area contributed by atoms with E-state index in [0.717, 1.165) is 31.0 Å². The fraction of sp³-hybridized carbons (Fsp3) is 0.429. The van der Waals surface area contributed by atoms with Crippen molar-refractivity contribution >= 4 is 11.6 Å². The maximum atomic E-state index is 13.7. The SMILES string of the molecule is CC(NCc1c(F)cccc1Cl)c1nnc2n1CCC2. The Morgan fingerprint density at radius 3 is 3.10 bits per heavy atom. The summed E-state index contributed by atoms with van der Waals surface area (Å²) in [6.07, 6.45) is 2.10. The smallest absolute Gasteiger partial charge is 0.149 e. The number of halogens is 2. The van der Waals surface area contributed by atoms with E-state index in [-0.39, 0.29) is 11.9 Å². The zero-order valence-electron chi connectivity index (χ0n) is 11.2. The molecule has 6 heteroatoms. The van der Waals surface area contributed by atoms with E-state index in [4.69, 9.17) is 11.6 Å². The molecule has 3 rings (SSSR count). The number of hydrogen-bond acceptors (Lipinski definition) is 3. The lowest BCUT2D eigenvalue weighted by atomic mass is 10.2. The van der Waals surface area contributed by atoms with E-state index in [0.29, 0.717) is 17.1 Å². The topological polar surface area (TPSA) is 42.7 Å². The average Bonchev–Trinajstić information content (AvgIpc) is 3.00. The summed E-state index contributed by atoms with van der Waals surface area (Å²) < 4.78 is 15.8. The molecular formula is C14H16ClFN4. The zero-order chi connectivity index (χ0) is 14.1. The van der Waals surface area contributed by atoms with E-state index >= 15 is 0 Å². The van der Waals surface area contributed by atoms with Gasteiger partial charge < -0.3 is 9.88 Å². The summed E-state index contributed by atoms with van der Waals surface area (Å²) in [6.45, 7) is 3.34. The summed E-state index contributed by atoms with van der Waals surface area (Å²) in [7, 11) is 0. The van der Waals surface area contributed by atoms with Crippen LogP contribution in [0.4, 0.5) is 4.39 Å². The molecule has 0 aliphatic carbocycles. The quantitative estimate of drug-likeness (QED) is 0.943. The molecule has 2 heterocycles. The van der Waals surface area contributed by atoms with Crippen LogP contribution in [0.25, 0.3) is 0 Å². The summed E-state index contributed by atoms with van der Waals surface area (Å²) in [5, 5.41) is 12.1. The second-order valence-electron chi connectivity index (χ2n) is 5.03. The number of aromatic nitrogens is 3. The predicted molar refractivity (Wildman–Crippen MR) is 75.0 cm³/mol. The minimum atomic E-state index is -0.288. The van der Waals surface area contributed by atoms with Gasteiger partial charge >= 0.3 is 0 Å². The van der Waals surface area contributed by atoms with Crippen LogP contribution in [0.3, 0.4) is 0 Å². The molecule has 0 amide bonds. The van der Waals surface area contributed by atoms with Crippen molar-refractivity contribution in [2.24, 2.45) is 0 Å². The van der Waals surface area contributed by atoms with Crippen molar-refractivity contribution in [3.8, 4) is 0 Å². The Hall–Kier alpha value is -1.46. The normalized spacial score (nSPS) is 15.3. The van der Waals surface area contributed by atoms with Crippen LogP contribution in [-0.4, -0.2) is 14.8 Å². The summed E-state index contributed by atoms with van der Waals surface area (Å²) in [5.41, 5.74) is 0.488. The van der Waals surface area contributed by atoms with E-state index in [1.807, 2.05) is 6.92 Å². The Labute approximate surface area is 122 Å². The average molecular weight is 295 g/mol. The first-order valence-corrected chi connectivity index (χ1v) is 7.13. The van der Waals surface area contributed by atoms with E-state index in [1.54, 1.807) is 12.1 Å². The van der Waals surface area contributed by atoms with Gasteiger partial charge in [-0.1, -0.05) is 17.7 Å². The lowest BCUT2D eigenvalue weighted by Crippen LogP contribution is -2.22. The van der Waals surface area contributed by atoms with Gasteiger partial charge in [-0.3, -0.25) is 0 Å². The summed E-state index contributed by atoms with van der Waals surface area (Å²) in [4.78, 5) is 0. The first kappa shape index (κ1) is 13.5. The third kappa shape index (κ3) is 2.43. The molecule has 0 saturated carbocycles. The van der Waals surface area contributed by atoms with Crippen LogP contribution in [-0.2, 0) is 19.5 Å². The van der Waals surface area contributed by atoms with Crippen LogP contribution in [0.1, 0.15) is 36.6 Å². The molecule has 106 valence electrons. The van der Waals surface area contributed by atoms with Gasteiger partial charge in [-0.05, 0) is 25.5 Å². The van der Waals surface area contributed by atoms with Crippen LogP contribution in [0.2, 0.25) is 5.02 Å². The van der Waals surface area contributed by atoms with E-state index < -0.39 is 0 Å². The largest absolute Gasteiger partial charge is 0.314 e. The minimum absolute atomic E-state index is 0.00465. The van der Waals surface area contributed by atoms with Crippen LogP contribution in [0.15, 0.2) is 18.2 Å². The molecule has 2 aromatic rings. The van der Waals surface area contributed by atoms with E-state index in [2.05, 4.69) is 20.1 Å². The van der Waals surface area contributed by atoms with Crippen molar-refractivity contribution in [2.75, 3.05) is 0 Å². The van der Waals surface area contributed by atoms with Gasteiger partial charge in [0.15, 0.2) is 0 Å². The Kier molecular flexibility index (Phi) is 3.72. The highest BCUT2D eigenvalue weighted by Gasteiger charge is 2.21. The minimum Gasteiger partial charge on any atom is -0.314 e. The maximum absolute atomic E-state index is 13.7. The molecule has 0 fully saturated rings. The van der Waals surface area contributed by atoms with Crippen LogP contribution >= 0.6 is 11.6 Å². The lowest BCUT2D eigenvalue weighted by Gasteiger charge is -2.14. The number of benzene rings is 1. The molecule has 1 N–H and O–H groups in total. The summed E-state index contributed by atoms with van der Waals surface area (Å²) in [6, 6.07) is 4.73. The van der Waals surface area contributed by atoms with Gasteiger partial charge in [-0.2, -0.15) is 0 Å². The summed E-state index contributed by atoms with van der Waals surface area (Å²) in [5.74, 6) is 1.66. The molecule has 1 aliphatic rings. The fourth-order valence-electron chi connectivity index (χ4n) is 2.54. The van der Waals surface area contributed by atoms with Crippen molar-refractivity contribution in [1.29, 1.82) is 0 Å². The number of hydrogen-bond donors (Lipinski definition) is 1. The third-order valence-corrected chi connectivity index (χ3v) is 4.03. The van der Waals surface area contributed by atoms with Gasteiger partial charge in [0.2, 0.25) is 0 Å². The molecular weight excluding hydrogens is 279 g/mol. The van der Waals surface area contributed by atoms with Crippen molar-refractivity contribution < 1.29 is 4.39 Å². The molecule has 0 radical (unpaired) electrons.